The smallest absolute Gasteiger partial charge is 0.328 e. The van der Waals surface area contributed by atoms with Gasteiger partial charge in [0, 0.05) is 12.8 Å². The molecule has 0 fully saturated rings. The molecular weight excluding hydrogens is 442 g/mol. The Bertz CT molecular complexity index is 1080. The minimum atomic E-state index is -0.788. The van der Waals surface area contributed by atoms with E-state index in [9.17, 15) is 9.59 Å². The van der Waals surface area contributed by atoms with Gasteiger partial charge in [0.2, 0.25) is 5.91 Å². The third-order valence-corrected chi connectivity index (χ3v) is 5.34. The molecule has 3 aromatic rings. The first-order valence-electron chi connectivity index (χ1n) is 11.8. The second-order valence-electron chi connectivity index (χ2n) is 8.77. The molecule has 0 bridgehead atoms. The Balaban J connectivity index is 1.79. The van der Waals surface area contributed by atoms with Crippen LogP contribution in [0.1, 0.15) is 37.0 Å². The highest BCUT2D eigenvalue weighted by Gasteiger charge is 2.23. The number of carbonyl (C=O) groups is 2. The van der Waals surface area contributed by atoms with Crippen LogP contribution in [0, 0.1) is 5.92 Å². The summed E-state index contributed by atoms with van der Waals surface area (Å²) in [4.78, 5) is 24.7. The van der Waals surface area contributed by atoms with Gasteiger partial charge in [0.15, 0.2) is 11.5 Å². The van der Waals surface area contributed by atoms with Crippen LogP contribution in [-0.4, -0.2) is 25.0 Å². The summed E-state index contributed by atoms with van der Waals surface area (Å²) in [5, 5.41) is 2.80. The summed E-state index contributed by atoms with van der Waals surface area (Å²) >= 11 is 0. The average Bonchev–Trinajstić information content (AvgIpc) is 2.86. The van der Waals surface area contributed by atoms with Crippen molar-refractivity contribution in [3.05, 3.63) is 95.6 Å². The number of hydrogen-bond acceptors (Lipinski definition) is 5. The molecule has 0 spiro atoms. The zero-order valence-electron chi connectivity index (χ0n) is 20.5. The van der Waals surface area contributed by atoms with E-state index in [1.165, 1.54) is 7.11 Å². The van der Waals surface area contributed by atoms with E-state index in [1.807, 2.05) is 92.7 Å². The Hall–Kier alpha value is -3.80. The Kier molecular flexibility index (Phi) is 9.72. The standard InChI is InChI=1S/C29H33NO5/c1-21(2)16-28(31)30-25(29(32)33-3)17-24-14-15-26(34-19-22-10-6-4-7-11-22)27(18-24)35-20-23-12-8-5-9-13-23/h4-15,18,21,25H,16-17,19-20H2,1-3H3,(H,30,31)/t25-/m0/s1. The molecule has 3 aromatic carbocycles. The van der Waals surface area contributed by atoms with Crippen molar-refractivity contribution in [3.8, 4) is 11.5 Å². The van der Waals surface area contributed by atoms with Gasteiger partial charge in [-0.3, -0.25) is 4.79 Å². The van der Waals surface area contributed by atoms with Crippen molar-refractivity contribution >= 4 is 11.9 Å². The van der Waals surface area contributed by atoms with Crippen LogP contribution in [0.2, 0.25) is 0 Å². The Morgan fingerprint density at radius 3 is 1.89 bits per heavy atom. The minimum absolute atomic E-state index is 0.182. The monoisotopic (exact) mass is 475 g/mol. The predicted octanol–water partition coefficient (Wildman–Crippen LogP) is 5.09. The summed E-state index contributed by atoms with van der Waals surface area (Å²) in [5.74, 6) is 0.691. The second kappa shape index (κ2) is 13.2. The van der Waals surface area contributed by atoms with Gasteiger partial charge in [-0.15, -0.1) is 0 Å². The number of amides is 1. The summed E-state index contributed by atoms with van der Waals surface area (Å²) in [5.41, 5.74) is 2.89. The predicted molar refractivity (Wildman–Crippen MR) is 135 cm³/mol. The van der Waals surface area contributed by atoms with Crippen LogP contribution < -0.4 is 14.8 Å². The highest BCUT2D eigenvalue weighted by molar-refractivity contribution is 5.84. The second-order valence-corrected chi connectivity index (χ2v) is 8.77. The van der Waals surface area contributed by atoms with Gasteiger partial charge >= 0.3 is 5.97 Å². The van der Waals surface area contributed by atoms with Gasteiger partial charge in [0.25, 0.3) is 0 Å². The molecule has 3 rings (SSSR count). The maximum Gasteiger partial charge on any atom is 0.328 e. The van der Waals surface area contributed by atoms with E-state index in [1.54, 1.807) is 0 Å². The first-order valence-corrected chi connectivity index (χ1v) is 11.8. The number of methoxy groups -OCH3 is 1. The number of benzene rings is 3. The van der Waals surface area contributed by atoms with Crippen LogP contribution in [-0.2, 0) is 34.0 Å². The third kappa shape index (κ3) is 8.49. The molecule has 0 radical (unpaired) electrons. The van der Waals surface area contributed by atoms with E-state index in [4.69, 9.17) is 14.2 Å². The molecule has 1 amide bonds. The molecule has 0 heterocycles. The molecule has 0 saturated heterocycles. The van der Waals surface area contributed by atoms with Gasteiger partial charge in [-0.2, -0.15) is 0 Å². The zero-order valence-corrected chi connectivity index (χ0v) is 20.5. The number of carbonyl (C=O) groups excluding carboxylic acids is 2. The number of rotatable bonds is 12. The van der Waals surface area contributed by atoms with Gasteiger partial charge in [-0.1, -0.05) is 80.6 Å². The third-order valence-electron chi connectivity index (χ3n) is 5.34. The van der Waals surface area contributed by atoms with Gasteiger partial charge in [-0.05, 0) is 34.7 Å². The van der Waals surface area contributed by atoms with E-state index < -0.39 is 12.0 Å². The number of hydrogen-bond donors (Lipinski definition) is 1. The summed E-state index contributed by atoms with van der Waals surface area (Å²) in [6, 6.07) is 24.5. The van der Waals surface area contributed by atoms with Crippen LogP contribution in [0.4, 0.5) is 0 Å². The van der Waals surface area contributed by atoms with Crippen LogP contribution >= 0.6 is 0 Å². The maximum atomic E-state index is 12.4. The Morgan fingerprint density at radius 1 is 0.771 bits per heavy atom. The molecule has 6 nitrogen and oxygen atoms in total. The van der Waals surface area contributed by atoms with Crippen molar-refractivity contribution in [2.24, 2.45) is 5.92 Å². The average molecular weight is 476 g/mol. The summed E-state index contributed by atoms with van der Waals surface area (Å²) in [6.07, 6.45) is 0.613. The first-order chi connectivity index (χ1) is 16.9. The topological polar surface area (TPSA) is 73.9 Å². The SMILES string of the molecule is COC(=O)[C@H](Cc1ccc(OCc2ccccc2)c(OCc2ccccc2)c1)NC(=O)CC(C)C. The molecule has 0 saturated carbocycles. The highest BCUT2D eigenvalue weighted by atomic mass is 16.5. The van der Waals surface area contributed by atoms with E-state index in [-0.39, 0.29) is 18.2 Å². The molecule has 1 atom stereocenters. The van der Waals surface area contributed by atoms with E-state index >= 15 is 0 Å². The van der Waals surface area contributed by atoms with Gasteiger partial charge in [0.05, 0.1) is 7.11 Å². The van der Waals surface area contributed by atoms with Crippen molar-refractivity contribution in [3.63, 3.8) is 0 Å². The molecule has 1 N–H and O–H groups in total. The summed E-state index contributed by atoms with van der Waals surface area (Å²) in [7, 11) is 1.32. The van der Waals surface area contributed by atoms with Crippen LogP contribution in [0.25, 0.3) is 0 Å². The van der Waals surface area contributed by atoms with Crippen molar-refractivity contribution < 1.29 is 23.8 Å². The lowest BCUT2D eigenvalue weighted by atomic mass is 10.0. The van der Waals surface area contributed by atoms with E-state index in [0.29, 0.717) is 31.1 Å². The first kappa shape index (κ1) is 25.8. The Morgan fingerprint density at radius 2 is 1.34 bits per heavy atom. The fourth-order valence-electron chi connectivity index (χ4n) is 3.58. The molecule has 0 aliphatic rings. The Labute approximate surface area is 207 Å². The fourth-order valence-corrected chi connectivity index (χ4v) is 3.58. The highest BCUT2D eigenvalue weighted by Crippen LogP contribution is 2.30. The van der Waals surface area contributed by atoms with Gasteiger partial charge in [0.1, 0.15) is 19.3 Å². The van der Waals surface area contributed by atoms with Crippen molar-refractivity contribution in [1.82, 2.24) is 5.32 Å². The fraction of sp³-hybridized carbons (Fsp3) is 0.310. The normalized spacial score (nSPS) is 11.5. The molecule has 0 aliphatic carbocycles. The summed E-state index contributed by atoms with van der Waals surface area (Å²) in [6.45, 7) is 4.68. The molecule has 0 aliphatic heterocycles. The van der Waals surface area contributed by atoms with E-state index in [2.05, 4.69) is 5.32 Å². The number of ether oxygens (including phenoxy) is 3. The van der Waals surface area contributed by atoms with Crippen molar-refractivity contribution in [1.29, 1.82) is 0 Å². The molecule has 0 aromatic heterocycles. The molecule has 184 valence electrons. The zero-order chi connectivity index (χ0) is 25.0. The van der Waals surface area contributed by atoms with Crippen molar-refractivity contribution in [2.75, 3.05) is 7.11 Å². The lowest BCUT2D eigenvalue weighted by Gasteiger charge is -2.19. The molecular formula is C29H33NO5. The maximum absolute atomic E-state index is 12.4. The molecule has 6 heteroatoms. The van der Waals surface area contributed by atoms with Crippen LogP contribution in [0.3, 0.4) is 0 Å². The van der Waals surface area contributed by atoms with Crippen LogP contribution in [0.15, 0.2) is 78.9 Å². The number of nitrogens with one attached hydrogen (secondary N) is 1. The molecule has 0 unspecified atom stereocenters. The largest absolute Gasteiger partial charge is 0.485 e. The number of esters is 1. The van der Waals surface area contributed by atoms with Gasteiger partial charge in [-0.25, -0.2) is 4.79 Å². The van der Waals surface area contributed by atoms with Gasteiger partial charge < -0.3 is 19.5 Å². The van der Waals surface area contributed by atoms with E-state index in [0.717, 1.165) is 16.7 Å². The lowest BCUT2D eigenvalue weighted by molar-refractivity contribution is -0.145. The minimum Gasteiger partial charge on any atom is -0.485 e. The summed E-state index contributed by atoms with van der Waals surface area (Å²) < 4.78 is 17.1. The van der Waals surface area contributed by atoms with Crippen molar-refractivity contribution in [2.45, 2.75) is 45.9 Å². The van der Waals surface area contributed by atoms with Crippen LogP contribution in [0.5, 0.6) is 11.5 Å². The molecule has 35 heavy (non-hydrogen) atoms. The lowest BCUT2D eigenvalue weighted by Crippen LogP contribution is -2.43. The quantitative estimate of drug-likeness (QED) is 0.369.